The van der Waals surface area contributed by atoms with Gasteiger partial charge < -0.3 is 20.1 Å². The van der Waals surface area contributed by atoms with E-state index in [1.54, 1.807) is 42.0 Å². The second-order valence-corrected chi connectivity index (χ2v) is 13.0. The average molecular weight is 621 g/mol. The van der Waals surface area contributed by atoms with Gasteiger partial charge in [0.25, 0.3) is 5.91 Å². The summed E-state index contributed by atoms with van der Waals surface area (Å²) in [6, 6.07) is 19.9. The lowest BCUT2D eigenvalue weighted by Gasteiger charge is -2.60. The van der Waals surface area contributed by atoms with Crippen molar-refractivity contribution in [2.75, 3.05) is 7.11 Å². The van der Waals surface area contributed by atoms with Crippen LogP contribution in [-0.2, 0) is 16.0 Å². The summed E-state index contributed by atoms with van der Waals surface area (Å²) in [5, 5.41) is 6.96. The molecule has 236 valence electrons. The second-order valence-electron chi connectivity index (χ2n) is 13.0. The van der Waals surface area contributed by atoms with E-state index >= 15 is 0 Å². The number of nitrogens with zero attached hydrogens (tertiary/aromatic N) is 2. The molecule has 0 saturated heterocycles. The van der Waals surface area contributed by atoms with Crippen LogP contribution in [0.1, 0.15) is 60.5 Å². The lowest BCUT2D eigenvalue weighted by molar-refractivity contribution is -0.125. The summed E-state index contributed by atoms with van der Waals surface area (Å²) in [6.07, 6.45) is 5.78. The Hall–Kier alpha value is -4.99. The van der Waals surface area contributed by atoms with Gasteiger partial charge in [-0.15, -0.1) is 0 Å². The molecule has 0 spiro atoms. The molecular formula is C36H36N4O6. The van der Waals surface area contributed by atoms with Crippen LogP contribution in [-0.4, -0.2) is 46.2 Å². The van der Waals surface area contributed by atoms with Crippen LogP contribution in [0.3, 0.4) is 0 Å². The molecule has 10 heteroatoms. The van der Waals surface area contributed by atoms with E-state index in [2.05, 4.69) is 15.6 Å². The van der Waals surface area contributed by atoms with Gasteiger partial charge in [-0.3, -0.25) is 19.0 Å². The SMILES string of the molecule is COC(=O)Oc1c(Cc2ccc(C(=O)NC3[C@@H]4CC5C[C@H]3CC(NC(C)=O)(C5)C4)cc2)c(=O)c2cccnc2n1-c1ccccc1. The van der Waals surface area contributed by atoms with Gasteiger partial charge in [0.15, 0.2) is 11.1 Å². The minimum atomic E-state index is -0.958. The van der Waals surface area contributed by atoms with Crippen LogP contribution < -0.4 is 20.8 Å². The largest absolute Gasteiger partial charge is 0.514 e. The van der Waals surface area contributed by atoms with Gasteiger partial charge in [0.05, 0.1) is 23.7 Å². The second kappa shape index (κ2) is 11.7. The number of carbonyl (C=O) groups excluding carboxylic acids is 3. The van der Waals surface area contributed by atoms with Gasteiger partial charge in [-0.05, 0) is 91.8 Å². The number of hydrogen-bond donors (Lipinski definition) is 2. The first-order valence-electron chi connectivity index (χ1n) is 15.8. The molecule has 0 aliphatic heterocycles. The summed E-state index contributed by atoms with van der Waals surface area (Å²) in [6.45, 7) is 1.59. The first-order valence-corrected chi connectivity index (χ1v) is 15.8. The Labute approximate surface area is 266 Å². The predicted molar refractivity (Wildman–Crippen MR) is 171 cm³/mol. The molecular weight excluding hydrogens is 584 g/mol. The maximum Gasteiger partial charge on any atom is 0.514 e. The fourth-order valence-electron chi connectivity index (χ4n) is 8.44. The summed E-state index contributed by atoms with van der Waals surface area (Å²) >= 11 is 0. The molecule has 2 aromatic heterocycles. The summed E-state index contributed by atoms with van der Waals surface area (Å²) < 4.78 is 12.1. The maximum atomic E-state index is 13.8. The molecule has 4 aliphatic carbocycles. The molecule has 2 N–H and O–H groups in total. The Morgan fingerprint density at radius 3 is 2.35 bits per heavy atom. The summed E-state index contributed by atoms with van der Waals surface area (Å²) in [5.41, 5.74) is 2.12. The molecule has 2 heterocycles. The van der Waals surface area contributed by atoms with Crippen LogP contribution in [0.2, 0.25) is 0 Å². The fraction of sp³-hybridized carbons (Fsp3) is 0.361. The van der Waals surface area contributed by atoms with Crippen molar-refractivity contribution in [1.29, 1.82) is 0 Å². The molecule has 5 atom stereocenters. The van der Waals surface area contributed by atoms with Gasteiger partial charge in [0.1, 0.15) is 0 Å². The molecule has 4 aliphatic rings. The number of nitrogens with one attached hydrogen (secondary N) is 2. The average Bonchev–Trinajstić information content (AvgIpc) is 3.04. The van der Waals surface area contributed by atoms with Crippen LogP contribution in [0.15, 0.2) is 77.7 Å². The highest BCUT2D eigenvalue weighted by molar-refractivity contribution is 5.94. The molecule has 10 nitrogen and oxygen atoms in total. The van der Waals surface area contributed by atoms with E-state index in [0.29, 0.717) is 40.0 Å². The van der Waals surface area contributed by atoms with Crippen molar-refractivity contribution in [2.24, 2.45) is 17.8 Å². The number of hydrogen-bond acceptors (Lipinski definition) is 7. The van der Waals surface area contributed by atoms with Crippen molar-refractivity contribution in [1.82, 2.24) is 20.2 Å². The third kappa shape index (κ3) is 5.42. The van der Waals surface area contributed by atoms with Crippen LogP contribution in [0.4, 0.5) is 4.79 Å². The fourth-order valence-corrected chi connectivity index (χ4v) is 8.44. The Morgan fingerprint density at radius 2 is 1.67 bits per heavy atom. The van der Waals surface area contributed by atoms with Crippen LogP contribution in [0.25, 0.3) is 16.7 Å². The number of carbonyl (C=O) groups is 3. The van der Waals surface area contributed by atoms with E-state index in [1.165, 1.54) is 7.11 Å². The highest BCUT2D eigenvalue weighted by Gasteiger charge is 2.56. The zero-order valence-corrected chi connectivity index (χ0v) is 25.8. The van der Waals surface area contributed by atoms with Gasteiger partial charge >= 0.3 is 6.16 Å². The smallest absolute Gasteiger partial charge is 0.437 e. The first-order chi connectivity index (χ1) is 22.2. The Balaban J connectivity index is 1.16. The molecule has 2 amide bonds. The molecule has 8 rings (SSSR count). The minimum absolute atomic E-state index is 0.0194. The Bertz CT molecular complexity index is 1870. The molecule has 4 fully saturated rings. The highest BCUT2D eigenvalue weighted by atomic mass is 16.7. The van der Waals surface area contributed by atoms with Gasteiger partial charge in [-0.25, -0.2) is 9.78 Å². The summed E-state index contributed by atoms with van der Waals surface area (Å²) in [4.78, 5) is 56.1. The monoisotopic (exact) mass is 620 g/mol. The van der Waals surface area contributed by atoms with E-state index in [0.717, 1.165) is 37.7 Å². The molecule has 0 radical (unpaired) electrons. The highest BCUT2D eigenvalue weighted by Crippen LogP contribution is 2.55. The van der Waals surface area contributed by atoms with Crippen molar-refractivity contribution in [3.8, 4) is 11.6 Å². The normalized spacial score (nSPS) is 24.4. The van der Waals surface area contributed by atoms with Gasteiger partial charge in [0, 0.05) is 36.7 Å². The number of aromatic nitrogens is 2. The zero-order chi connectivity index (χ0) is 32.0. The number of amides is 2. The zero-order valence-electron chi connectivity index (χ0n) is 25.8. The molecule has 3 unspecified atom stereocenters. The molecule has 4 saturated carbocycles. The predicted octanol–water partition coefficient (Wildman–Crippen LogP) is 4.93. The quantitative estimate of drug-likeness (QED) is 0.280. The number of rotatable bonds is 7. The Kier molecular flexibility index (Phi) is 7.58. The number of methoxy groups -OCH3 is 1. The van der Waals surface area contributed by atoms with E-state index in [1.807, 2.05) is 42.5 Å². The third-order valence-electron chi connectivity index (χ3n) is 9.95. The minimum Gasteiger partial charge on any atom is -0.437 e. The summed E-state index contributed by atoms with van der Waals surface area (Å²) in [7, 11) is 1.21. The standard InChI is InChI=1S/C36H36N4O6/c1-21(41)39-36-18-23-15-25(19-36)30(26(16-23)20-36)38-33(43)24-12-10-22(11-13-24)17-29-31(42)28-9-6-14-37-32(28)40(27-7-4-3-5-8-27)34(29)46-35(44)45-2/h3-14,23,25-26,30H,15-20H2,1-2H3,(H,38,43)(H,39,41)/t23?,25-,26+,30?,36?. The van der Waals surface area contributed by atoms with Crippen molar-refractivity contribution in [3.05, 3.63) is 99.8 Å². The van der Waals surface area contributed by atoms with Gasteiger partial charge in [-0.1, -0.05) is 30.3 Å². The maximum absolute atomic E-state index is 13.8. The van der Waals surface area contributed by atoms with Crippen LogP contribution in [0.5, 0.6) is 5.88 Å². The Morgan fingerprint density at radius 1 is 0.957 bits per heavy atom. The molecule has 2 aromatic carbocycles. The van der Waals surface area contributed by atoms with Crippen molar-refractivity contribution >= 4 is 29.0 Å². The third-order valence-corrected chi connectivity index (χ3v) is 9.95. The van der Waals surface area contributed by atoms with Crippen LogP contribution in [0, 0.1) is 17.8 Å². The topological polar surface area (TPSA) is 129 Å². The number of fused-ring (bicyclic) bond motifs is 1. The van der Waals surface area contributed by atoms with Crippen molar-refractivity contribution < 1.29 is 23.9 Å². The number of ether oxygens (including phenoxy) is 2. The number of pyridine rings is 2. The molecule has 4 aromatic rings. The van der Waals surface area contributed by atoms with E-state index in [-0.39, 0.29) is 46.7 Å². The van der Waals surface area contributed by atoms with Gasteiger partial charge in [0.2, 0.25) is 11.8 Å². The van der Waals surface area contributed by atoms with Crippen molar-refractivity contribution in [3.63, 3.8) is 0 Å². The number of para-hydroxylation sites is 1. The van der Waals surface area contributed by atoms with Crippen LogP contribution >= 0.6 is 0 Å². The van der Waals surface area contributed by atoms with E-state index in [4.69, 9.17) is 9.47 Å². The van der Waals surface area contributed by atoms with E-state index < -0.39 is 6.16 Å². The summed E-state index contributed by atoms with van der Waals surface area (Å²) in [5.74, 6) is 1.21. The lowest BCUT2D eigenvalue weighted by atomic mass is 9.51. The van der Waals surface area contributed by atoms with E-state index in [9.17, 15) is 19.2 Å². The lowest BCUT2D eigenvalue weighted by Crippen LogP contribution is -2.66. The first kappa shape index (κ1) is 29.7. The van der Waals surface area contributed by atoms with Gasteiger partial charge in [-0.2, -0.15) is 0 Å². The molecule has 46 heavy (non-hydrogen) atoms. The van der Waals surface area contributed by atoms with Crippen molar-refractivity contribution in [2.45, 2.75) is 57.0 Å². The number of benzene rings is 2. The molecule has 4 bridgehead atoms.